The zero-order valence-corrected chi connectivity index (χ0v) is 28.7. The van der Waals surface area contributed by atoms with Crippen LogP contribution < -0.4 is 22.1 Å². The van der Waals surface area contributed by atoms with Crippen LogP contribution in [-0.4, -0.2) is 65.5 Å². The molecule has 256 valence electrons. The molecule has 0 spiro atoms. The molecule has 43 heavy (non-hydrogen) atoms. The van der Waals surface area contributed by atoms with Gasteiger partial charge in [0, 0.05) is 31.3 Å². The summed E-state index contributed by atoms with van der Waals surface area (Å²) in [6.07, 6.45) is 3.73. The molecule has 0 radical (unpaired) electrons. The lowest BCUT2D eigenvalue weighted by Crippen LogP contribution is -2.43. The molecule has 1 amide bonds. The van der Waals surface area contributed by atoms with Gasteiger partial charge < -0.3 is 36.8 Å². The second kappa shape index (κ2) is 23.2. The summed E-state index contributed by atoms with van der Waals surface area (Å²) < 4.78 is 0. The highest BCUT2D eigenvalue weighted by Gasteiger charge is 2.26. The van der Waals surface area contributed by atoms with Crippen LogP contribution in [0.15, 0.2) is 0 Å². The van der Waals surface area contributed by atoms with Crippen LogP contribution in [0.5, 0.6) is 0 Å². The van der Waals surface area contributed by atoms with Gasteiger partial charge in [-0.25, -0.2) is 0 Å². The Balaban J connectivity index is -0.000000314. The summed E-state index contributed by atoms with van der Waals surface area (Å²) in [4.78, 5) is 55.8. The van der Waals surface area contributed by atoms with Gasteiger partial charge in [-0.15, -0.1) is 0 Å². The van der Waals surface area contributed by atoms with Gasteiger partial charge in [0.2, 0.25) is 5.91 Å². The number of aldehydes is 1. The molecule has 0 aliphatic heterocycles. The normalized spacial score (nSPS) is 14.2. The number of nitrogens with one attached hydrogen (secondary N) is 2. The van der Waals surface area contributed by atoms with Crippen molar-refractivity contribution in [1.82, 2.24) is 10.6 Å². The third-order valence-electron chi connectivity index (χ3n) is 5.67. The zero-order chi connectivity index (χ0) is 33.9. The lowest BCUT2D eigenvalue weighted by atomic mass is 9.85. The van der Waals surface area contributed by atoms with Gasteiger partial charge in [-0.1, -0.05) is 69.7 Å². The Morgan fingerprint density at radius 2 is 1.26 bits per heavy atom. The number of carbonyl (C=O) groups is 5. The quantitative estimate of drug-likeness (QED) is 0.157. The fraction of sp³-hybridized carbons (Fsp3) is 0.848. The van der Waals surface area contributed by atoms with Crippen LogP contribution in [0.1, 0.15) is 135 Å². The van der Waals surface area contributed by atoms with E-state index < -0.39 is 24.0 Å². The van der Waals surface area contributed by atoms with E-state index in [4.69, 9.17) is 16.6 Å². The molecule has 0 saturated heterocycles. The first-order valence-electron chi connectivity index (χ1n) is 15.0. The van der Waals surface area contributed by atoms with E-state index >= 15 is 0 Å². The van der Waals surface area contributed by atoms with E-state index in [0.29, 0.717) is 35.9 Å². The van der Waals surface area contributed by atoms with Gasteiger partial charge in [0.15, 0.2) is 5.78 Å². The molecule has 0 rings (SSSR count). The molecule has 0 aromatic heterocycles. The molecule has 7 N–H and O–H groups in total. The minimum Gasteiger partial charge on any atom is -0.480 e. The highest BCUT2D eigenvalue weighted by atomic mass is 16.4. The van der Waals surface area contributed by atoms with Crippen molar-refractivity contribution >= 4 is 29.7 Å². The monoisotopic (exact) mass is 617 g/mol. The third-order valence-corrected chi connectivity index (χ3v) is 5.67. The molecule has 4 atom stereocenters. The number of carboxylic acid groups (broad SMARTS) is 1. The van der Waals surface area contributed by atoms with Crippen LogP contribution in [0.2, 0.25) is 0 Å². The Morgan fingerprint density at radius 3 is 1.58 bits per heavy atom. The van der Waals surface area contributed by atoms with E-state index in [-0.39, 0.29) is 50.1 Å². The van der Waals surface area contributed by atoms with Crippen LogP contribution >= 0.6 is 0 Å². The molecular formula is C33H68N4O6. The van der Waals surface area contributed by atoms with Crippen molar-refractivity contribution in [2.75, 3.05) is 6.54 Å². The number of carbonyl (C=O) groups excluding carboxylic acids is 4. The maximum Gasteiger partial charge on any atom is 0.320 e. The molecule has 10 heteroatoms. The van der Waals surface area contributed by atoms with Crippen molar-refractivity contribution in [2.24, 2.45) is 27.7 Å². The summed E-state index contributed by atoms with van der Waals surface area (Å²) in [5.74, 6) is -1.84. The summed E-state index contributed by atoms with van der Waals surface area (Å²) in [5, 5.41) is 14.5. The Morgan fingerprint density at radius 1 is 0.791 bits per heavy atom. The molecule has 0 aromatic carbocycles. The molecule has 4 unspecified atom stereocenters. The van der Waals surface area contributed by atoms with Crippen LogP contribution in [-0.2, 0) is 24.0 Å². The molecule has 0 aromatic rings. The minimum atomic E-state index is -1.17. The van der Waals surface area contributed by atoms with E-state index in [2.05, 4.69) is 59.1 Å². The lowest BCUT2D eigenvalue weighted by molar-refractivity contribution is -0.139. The van der Waals surface area contributed by atoms with Crippen molar-refractivity contribution in [3.8, 4) is 0 Å². The molecule has 10 nitrogen and oxygen atoms in total. The van der Waals surface area contributed by atoms with Crippen LogP contribution in [0, 0.1) is 16.2 Å². The van der Waals surface area contributed by atoms with Gasteiger partial charge in [0.25, 0.3) is 0 Å². The number of aliphatic carboxylic acids is 1. The van der Waals surface area contributed by atoms with Gasteiger partial charge in [-0.2, -0.15) is 0 Å². The largest absolute Gasteiger partial charge is 0.480 e. The summed E-state index contributed by atoms with van der Waals surface area (Å²) >= 11 is 0. The molecule has 0 heterocycles. The number of rotatable bonds is 15. The minimum absolute atomic E-state index is 0. The summed E-state index contributed by atoms with van der Waals surface area (Å²) in [6.45, 7) is 25.1. The van der Waals surface area contributed by atoms with Gasteiger partial charge in [-0.3, -0.25) is 14.4 Å². The molecule has 0 aliphatic carbocycles. The van der Waals surface area contributed by atoms with E-state index in [1.165, 1.54) is 6.92 Å². The Hall–Kier alpha value is -2.17. The van der Waals surface area contributed by atoms with E-state index in [9.17, 15) is 24.0 Å². The Labute approximate surface area is 263 Å². The molecule has 0 bridgehead atoms. The van der Waals surface area contributed by atoms with Crippen molar-refractivity contribution in [3.05, 3.63) is 0 Å². The van der Waals surface area contributed by atoms with Crippen molar-refractivity contribution in [3.63, 3.8) is 0 Å². The number of nitrogens with two attached hydrogens (primary N) is 2. The average Bonchev–Trinajstić information content (AvgIpc) is 2.76. The molecule has 0 aliphatic rings. The predicted octanol–water partition coefficient (Wildman–Crippen LogP) is 5.04. The summed E-state index contributed by atoms with van der Waals surface area (Å²) in [6, 6.07) is -1.01. The van der Waals surface area contributed by atoms with Gasteiger partial charge in [0.05, 0.1) is 12.6 Å². The highest BCUT2D eigenvalue weighted by Crippen LogP contribution is 2.22. The van der Waals surface area contributed by atoms with Crippen LogP contribution in [0.3, 0.4) is 0 Å². The lowest BCUT2D eigenvalue weighted by Gasteiger charge is -2.26. The number of hydrogen-bond donors (Lipinski definition) is 5. The second-order valence-corrected chi connectivity index (χ2v) is 15.0. The first-order valence-corrected chi connectivity index (χ1v) is 15.0. The first kappa shape index (κ1) is 47.8. The first-order chi connectivity index (χ1) is 18.8. The third kappa shape index (κ3) is 37.8. The second-order valence-electron chi connectivity index (χ2n) is 15.0. The topological polar surface area (TPSA) is 182 Å². The number of hydrogen-bond acceptors (Lipinski definition) is 8. The molecule has 0 saturated carbocycles. The summed E-state index contributed by atoms with van der Waals surface area (Å²) in [5.41, 5.74) is 11.5. The number of Topliss-reactive ketones (excluding diaryl/α,β-unsaturated/α-hetero) is 2. The fourth-order valence-corrected chi connectivity index (χ4v) is 4.21. The maximum absolute atomic E-state index is 12.2. The number of amides is 1. The molecular weight excluding hydrogens is 548 g/mol. The fourth-order valence-electron chi connectivity index (χ4n) is 4.21. The van der Waals surface area contributed by atoms with Crippen molar-refractivity contribution < 1.29 is 29.1 Å². The Kier molecular flexibility index (Phi) is 25.8. The van der Waals surface area contributed by atoms with Crippen molar-refractivity contribution in [1.29, 1.82) is 0 Å². The van der Waals surface area contributed by atoms with E-state index in [1.54, 1.807) is 0 Å². The highest BCUT2D eigenvalue weighted by molar-refractivity contribution is 5.91. The number of carboxylic acids is 1. The maximum atomic E-state index is 12.2. The van der Waals surface area contributed by atoms with E-state index in [0.717, 1.165) is 19.1 Å². The smallest absolute Gasteiger partial charge is 0.320 e. The average molecular weight is 617 g/mol. The zero-order valence-electron chi connectivity index (χ0n) is 28.7. The molecule has 0 fully saturated rings. The Bertz CT molecular complexity index is 808. The van der Waals surface area contributed by atoms with Crippen LogP contribution in [0.25, 0.3) is 0 Å². The predicted molar refractivity (Wildman–Crippen MR) is 178 cm³/mol. The number of ketones is 2. The van der Waals surface area contributed by atoms with Crippen LogP contribution in [0.4, 0.5) is 0 Å². The van der Waals surface area contributed by atoms with E-state index in [1.807, 2.05) is 27.7 Å². The van der Waals surface area contributed by atoms with Gasteiger partial charge in [0.1, 0.15) is 18.1 Å². The SMILES string of the molecule is C.CC(=O)CCC(=O)C(CC(C)(C)C)NC(=O)CCC(N)C(=O)O.CC(CC(C)(C)C)NCC=O.CC(N)CC(C)(C)C. The van der Waals surface area contributed by atoms with Crippen molar-refractivity contribution in [2.45, 2.75) is 160 Å². The summed E-state index contributed by atoms with van der Waals surface area (Å²) in [7, 11) is 0. The standard InChI is InChI=1S/C16H28N2O5.C9H19NO.C7H17N.CH4/c1-10(19)5-7-13(20)12(9-16(2,3)4)18-14(21)8-6-11(17)15(22)23;1-8(10-5-6-11)7-9(2,3)4;1-6(8)5-7(2,3)4;/h11-12H,5-9,17H2,1-4H3,(H,18,21)(H,22,23);6,8,10H,5,7H2,1-4H3;6H,5,8H2,1-4H3;1H4. The van der Waals surface area contributed by atoms with Gasteiger partial charge in [-0.05, 0) is 62.7 Å². The van der Waals surface area contributed by atoms with Gasteiger partial charge >= 0.3 is 5.97 Å².